The summed E-state index contributed by atoms with van der Waals surface area (Å²) in [5.74, 6) is -0.602. The lowest BCUT2D eigenvalue weighted by Gasteiger charge is -2.18. The number of nitrogens with one attached hydrogen (secondary N) is 3. The van der Waals surface area contributed by atoms with E-state index in [1.54, 1.807) is 37.4 Å². The lowest BCUT2D eigenvalue weighted by atomic mass is 10.1. The van der Waals surface area contributed by atoms with Gasteiger partial charge in [-0.1, -0.05) is 0 Å². The predicted octanol–water partition coefficient (Wildman–Crippen LogP) is 4.85. The van der Waals surface area contributed by atoms with Crippen molar-refractivity contribution in [3.8, 4) is 0 Å². The van der Waals surface area contributed by atoms with Crippen LogP contribution in [0.2, 0.25) is 0 Å². The van der Waals surface area contributed by atoms with Crippen LogP contribution < -0.4 is 20.9 Å². The molecule has 0 spiro atoms. The van der Waals surface area contributed by atoms with E-state index in [1.165, 1.54) is 18.3 Å². The van der Waals surface area contributed by atoms with Crippen molar-refractivity contribution in [1.82, 2.24) is 9.97 Å². The number of anilines is 4. The second kappa shape index (κ2) is 10.5. The maximum Gasteiger partial charge on any atom is 0.257 e. The molecule has 0 aliphatic carbocycles. The number of halogens is 1. The van der Waals surface area contributed by atoms with Crippen molar-refractivity contribution >= 4 is 34.7 Å². The Morgan fingerprint density at radius 2 is 1.66 bits per heavy atom. The molecule has 3 heterocycles. The van der Waals surface area contributed by atoms with Crippen molar-refractivity contribution in [2.45, 2.75) is 39.7 Å². The van der Waals surface area contributed by atoms with Crippen LogP contribution in [0.1, 0.15) is 53.1 Å². The van der Waals surface area contributed by atoms with Gasteiger partial charge in [0.1, 0.15) is 11.6 Å². The summed E-state index contributed by atoms with van der Waals surface area (Å²) in [5, 5.41) is 8.72. The third kappa shape index (κ3) is 6.11. The summed E-state index contributed by atoms with van der Waals surface area (Å²) in [5.41, 5.74) is 2.59. The average Bonchev–Trinajstić information content (AvgIpc) is 3.36. The molecule has 2 amide bonds. The second-order valence-corrected chi connectivity index (χ2v) is 8.89. The molecule has 3 aromatic rings. The molecular weight excluding hydrogens is 447 g/mol. The van der Waals surface area contributed by atoms with Gasteiger partial charge in [-0.15, -0.1) is 0 Å². The maximum atomic E-state index is 14.2. The van der Waals surface area contributed by atoms with E-state index >= 15 is 0 Å². The van der Waals surface area contributed by atoms with Gasteiger partial charge in [0.25, 0.3) is 11.8 Å². The fourth-order valence-electron chi connectivity index (χ4n) is 3.95. The zero-order chi connectivity index (χ0) is 24.9. The SMILES string of the molecule is Cc1ncc(NC(=O)c2cc(F)cc(N3CCCC3)c2)cc1C(=O)Nc1ccc(NC(C)C)nc1. The zero-order valence-corrected chi connectivity index (χ0v) is 20.1. The molecule has 1 saturated heterocycles. The number of nitrogens with zero attached hydrogens (tertiary/aromatic N) is 3. The molecule has 4 rings (SSSR count). The number of pyridine rings is 2. The minimum atomic E-state index is -0.473. The molecule has 1 aliphatic rings. The smallest absolute Gasteiger partial charge is 0.257 e. The Balaban J connectivity index is 1.47. The molecule has 3 N–H and O–H groups in total. The van der Waals surface area contributed by atoms with Crippen molar-refractivity contribution in [2.75, 3.05) is 33.9 Å². The molecule has 1 aliphatic heterocycles. The summed E-state index contributed by atoms with van der Waals surface area (Å²) in [7, 11) is 0. The molecule has 8 nitrogen and oxygen atoms in total. The van der Waals surface area contributed by atoms with Crippen LogP contribution in [0, 0.1) is 12.7 Å². The van der Waals surface area contributed by atoms with Crippen molar-refractivity contribution in [2.24, 2.45) is 0 Å². The molecule has 2 aromatic heterocycles. The molecule has 1 aromatic carbocycles. The summed E-state index contributed by atoms with van der Waals surface area (Å²) in [6, 6.07) is 9.67. The number of hydrogen-bond acceptors (Lipinski definition) is 6. The Morgan fingerprint density at radius 3 is 2.34 bits per heavy atom. The van der Waals surface area contributed by atoms with Crippen molar-refractivity contribution in [1.29, 1.82) is 0 Å². The lowest BCUT2D eigenvalue weighted by Crippen LogP contribution is -2.20. The fraction of sp³-hybridized carbons (Fsp3) is 0.308. The van der Waals surface area contributed by atoms with Gasteiger partial charge in [-0.3, -0.25) is 14.6 Å². The van der Waals surface area contributed by atoms with Gasteiger partial charge in [-0.25, -0.2) is 9.37 Å². The van der Waals surface area contributed by atoms with E-state index in [2.05, 4.69) is 30.8 Å². The van der Waals surface area contributed by atoms with Crippen LogP contribution in [0.5, 0.6) is 0 Å². The monoisotopic (exact) mass is 476 g/mol. The molecule has 9 heteroatoms. The van der Waals surface area contributed by atoms with E-state index in [0.29, 0.717) is 34.1 Å². The van der Waals surface area contributed by atoms with Crippen molar-refractivity contribution in [3.05, 3.63) is 71.4 Å². The van der Waals surface area contributed by atoms with Gasteiger partial charge in [0.05, 0.1) is 35.0 Å². The molecule has 0 atom stereocenters. The number of carbonyl (C=O) groups excluding carboxylic acids is 2. The third-order valence-corrected chi connectivity index (χ3v) is 5.66. The highest BCUT2D eigenvalue weighted by Crippen LogP contribution is 2.24. The quantitative estimate of drug-likeness (QED) is 0.451. The van der Waals surface area contributed by atoms with Gasteiger partial charge in [0.15, 0.2) is 0 Å². The first-order valence-electron chi connectivity index (χ1n) is 11.7. The van der Waals surface area contributed by atoms with Crippen LogP contribution in [-0.2, 0) is 0 Å². The van der Waals surface area contributed by atoms with Gasteiger partial charge < -0.3 is 20.9 Å². The number of carbonyl (C=O) groups is 2. The topological polar surface area (TPSA) is 99.2 Å². The molecule has 0 unspecified atom stereocenters. The summed E-state index contributed by atoms with van der Waals surface area (Å²) in [6.45, 7) is 7.43. The molecule has 35 heavy (non-hydrogen) atoms. The van der Waals surface area contributed by atoms with E-state index in [0.717, 1.165) is 25.9 Å². The highest BCUT2D eigenvalue weighted by Gasteiger charge is 2.18. The first-order chi connectivity index (χ1) is 16.8. The number of rotatable bonds is 7. The van der Waals surface area contributed by atoms with Crippen LogP contribution in [-0.4, -0.2) is 40.9 Å². The Hall–Kier alpha value is -4.01. The Morgan fingerprint density at radius 1 is 0.943 bits per heavy atom. The first kappa shape index (κ1) is 24.1. The number of hydrogen-bond donors (Lipinski definition) is 3. The normalized spacial score (nSPS) is 13.1. The maximum absolute atomic E-state index is 14.2. The largest absolute Gasteiger partial charge is 0.371 e. The minimum Gasteiger partial charge on any atom is -0.371 e. The van der Waals surface area contributed by atoms with E-state index in [9.17, 15) is 14.0 Å². The zero-order valence-electron chi connectivity index (χ0n) is 20.1. The minimum absolute atomic E-state index is 0.208. The van der Waals surface area contributed by atoms with E-state index in [-0.39, 0.29) is 17.5 Å². The summed E-state index contributed by atoms with van der Waals surface area (Å²) >= 11 is 0. The molecule has 1 fully saturated rings. The third-order valence-electron chi connectivity index (χ3n) is 5.66. The van der Waals surface area contributed by atoms with Gasteiger partial charge >= 0.3 is 0 Å². The molecule has 0 radical (unpaired) electrons. The fourth-order valence-corrected chi connectivity index (χ4v) is 3.95. The predicted molar refractivity (Wildman–Crippen MR) is 136 cm³/mol. The molecular formula is C26H29FN6O2. The van der Waals surface area contributed by atoms with E-state index < -0.39 is 11.7 Å². The van der Waals surface area contributed by atoms with Crippen LogP contribution in [0.4, 0.5) is 27.3 Å². The Kier molecular flexibility index (Phi) is 7.24. The second-order valence-electron chi connectivity index (χ2n) is 8.89. The number of aryl methyl sites for hydroxylation is 1. The summed E-state index contributed by atoms with van der Waals surface area (Å²) < 4.78 is 14.2. The Bertz CT molecular complexity index is 1220. The van der Waals surface area contributed by atoms with E-state index in [1.807, 2.05) is 13.8 Å². The number of amides is 2. The molecule has 182 valence electrons. The van der Waals surface area contributed by atoms with E-state index in [4.69, 9.17) is 0 Å². The van der Waals surface area contributed by atoms with Crippen LogP contribution in [0.15, 0.2) is 48.8 Å². The molecule has 0 bridgehead atoms. The first-order valence-corrected chi connectivity index (χ1v) is 11.7. The van der Waals surface area contributed by atoms with Gasteiger partial charge in [0, 0.05) is 30.4 Å². The Labute approximate surface area is 204 Å². The van der Waals surface area contributed by atoms with Gasteiger partial charge in [0.2, 0.25) is 0 Å². The summed E-state index contributed by atoms with van der Waals surface area (Å²) in [4.78, 5) is 36.3. The van der Waals surface area contributed by atoms with Crippen molar-refractivity contribution in [3.63, 3.8) is 0 Å². The molecule has 0 saturated carbocycles. The standard InChI is InChI=1S/C26H29FN6O2/c1-16(2)30-24-7-6-20(14-29-24)31-26(35)23-13-21(15-28-17(23)3)32-25(34)18-10-19(27)12-22(11-18)33-8-4-5-9-33/h6-7,10-16H,4-5,8-9H2,1-3H3,(H,29,30)(H,31,35)(H,32,34). The van der Waals surface area contributed by atoms with Gasteiger partial charge in [-0.05, 0) is 70.0 Å². The highest BCUT2D eigenvalue weighted by molar-refractivity contribution is 6.08. The van der Waals surface area contributed by atoms with Crippen LogP contribution >= 0.6 is 0 Å². The highest BCUT2D eigenvalue weighted by atomic mass is 19.1. The summed E-state index contributed by atoms with van der Waals surface area (Å²) in [6.07, 6.45) is 5.14. The van der Waals surface area contributed by atoms with Crippen LogP contribution in [0.3, 0.4) is 0 Å². The van der Waals surface area contributed by atoms with Crippen LogP contribution in [0.25, 0.3) is 0 Å². The average molecular weight is 477 g/mol. The lowest BCUT2D eigenvalue weighted by molar-refractivity contribution is 0.101. The van der Waals surface area contributed by atoms with Gasteiger partial charge in [-0.2, -0.15) is 0 Å². The van der Waals surface area contributed by atoms with Crippen molar-refractivity contribution < 1.29 is 14.0 Å². The number of aromatic nitrogens is 2. The number of benzene rings is 1.